The number of benzene rings is 1. The number of nitrogens with one attached hydrogen (secondary N) is 2. The SMILES string of the molecule is C[C@@H](C(=O)c1c[nH]c2ccccc12)[NH+]1CCSCC1. The Bertz CT molecular complexity index is 587. The normalized spacial score (nSPS) is 18.6. The van der Waals surface area contributed by atoms with E-state index in [4.69, 9.17) is 0 Å². The van der Waals surface area contributed by atoms with E-state index in [1.54, 1.807) is 0 Å². The molecule has 1 fully saturated rings. The molecule has 19 heavy (non-hydrogen) atoms. The minimum Gasteiger partial charge on any atom is -0.360 e. The van der Waals surface area contributed by atoms with Crippen LogP contribution in [0.5, 0.6) is 0 Å². The van der Waals surface area contributed by atoms with E-state index in [0.29, 0.717) is 0 Å². The van der Waals surface area contributed by atoms with Crippen molar-refractivity contribution in [2.75, 3.05) is 24.6 Å². The van der Waals surface area contributed by atoms with Crippen molar-refractivity contribution in [2.24, 2.45) is 0 Å². The first-order valence-electron chi connectivity index (χ1n) is 6.80. The third-order valence-corrected chi connectivity index (χ3v) is 4.98. The Morgan fingerprint density at radius 3 is 2.84 bits per heavy atom. The smallest absolute Gasteiger partial charge is 0.221 e. The van der Waals surface area contributed by atoms with Gasteiger partial charge in [0, 0.05) is 34.2 Å². The van der Waals surface area contributed by atoms with Crippen molar-refractivity contribution >= 4 is 28.4 Å². The Kier molecular flexibility index (Phi) is 3.62. The maximum Gasteiger partial charge on any atom is 0.221 e. The number of Topliss-reactive ketones (excluding diaryl/α,β-unsaturated/α-hetero) is 1. The fourth-order valence-electron chi connectivity index (χ4n) is 2.76. The quantitative estimate of drug-likeness (QED) is 0.830. The van der Waals surface area contributed by atoms with E-state index in [9.17, 15) is 4.79 Å². The lowest BCUT2D eigenvalue weighted by atomic mass is 10.0. The molecular weight excluding hydrogens is 256 g/mol. The predicted octanol–water partition coefficient (Wildman–Crippen LogP) is 1.37. The molecule has 0 amide bonds. The minimum absolute atomic E-state index is 0.0557. The summed E-state index contributed by atoms with van der Waals surface area (Å²) in [5, 5.41) is 1.05. The summed E-state index contributed by atoms with van der Waals surface area (Å²) in [5.74, 6) is 2.60. The summed E-state index contributed by atoms with van der Waals surface area (Å²) in [4.78, 5) is 17.3. The van der Waals surface area contributed by atoms with Gasteiger partial charge >= 0.3 is 0 Å². The number of rotatable bonds is 3. The molecular formula is C15H19N2OS+. The molecule has 0 saturated carbocycles. The zero-order chi connectivity index (χ0) is 13.2. The van der Waals surface area contributed by atoms with Crippen molar-refractivity contribution in [2.45, 2.75) is 13.0 Å². The van der Waals surface area contributed by atoms with Crippen LogP contribution in [-0.2, 0) is 0 Å². The van der Waals surface area contributed by atoms with E-state index in [2.05, 4.69) is 11.9 Å². The first-order valence-corrected chi connectivity index (χ1v) is 7.95. The maximum atomic E-state index is 12.7. The highest BCUT2D eigenvalue weighted by Gasteiger charge is 2.28. The average Bonchev–Trinajstić information content (AvgIpc) is 2.90. The summed E-state index contributed by atoms with van der Waals surface area (Å²) in [6.07, 6.45) is 1.86. The van der Waals surface area contributed by atoms with Crippen LogP contribution in [0.2, 0.25) is 0 Å². The number of thioether (sulfide) groups is 1. The lowest BCUT2D eigenvalue weighted by Crippen LogP contribution is -3.17. The van der Waals surface area contributed by atoms with Crippen LogP contribution in [0.3, 0.4) is 0 Å². The van der Waals surface area contributed by atoms with Gasteiger partial charge in [-0.3, -0.25) is 4.79 Å². The molecule has 4 heteroatoms. The van der Waals surface area contributed by atoms with Crippen LogP contribution in [0.25, 0.3) is 10.9 Å². The molecule has 3 nitrogen and oxygen atoms in total. The molecule has 2 N–H and O–H groups in total. The lowest BCUT2D eigenvalue weighted by Gasteiger charge is -2.28. The summed E-state index contributed by atoms with van der Waals surface area (Å²) in [5.41, 5.74) is 1.89. The third-order valence-electron chi connectivity index (χ3n) is 4.00. The fraction of sp³-hybridized carbons (Fsp3) is 0.400. The van der Waals surface area contributed by atoms with E-state index in [-0.39, 0.29) is 11.8 Å². The fourth-order valence-corrected chi connectivity index (χ4v) is 3.78. The Hall–Kier alpha value is -1.26. The van der Waals surface area contributed by atoms with Crippen molar-refractivity contribution < 1.29 is 9.69 Å². The van der Waals surface area contributed by atoms with Crippen LogP contribution in [0.1, 0.15) is 17.3 Å². The van der Waals surface area contributed by atoms with Crippen molar-refractivity contribution in [3.05, 3.63) is 36.0 Å². The maximum absolute atomic E-state index is 12.7. The molecule has 3 rings (SSSR count). The number of fused-ring (bicyclic) bond motifs is 1. The molecule has 2 heterocycles. The molecule has 1 aliphatic heterocycles. The molecule has 100 valence electrons. The summed E-state index contributed by atoms with van der Waals surface area (Å²) >= 11 is 1.99. The van der Waals surface area contributed by atoms with E-state index in [0.717, 1.165) is 29.6 Å². The number of carbonyl (C=O) groups excluding carboxylic acids is 1. The van der Waals surface area contributed by atoms with Crippen LogP contribution < -0.4 is 4.90 Å². The van der Waals surface area contributed by atoms with Gasteiger partial charge in [-0.2, -0.15) is 11.8 Å². The average molecular weight is 275 g/mol. The molecule has 1 aromatic heterocycles. The molecule has 0 radical (unpaired) electrons. The Morgan fingerprint density at radius 2 is 2.05 bits per heavy atom. The Balaban J connectivity index is 1.86. The molecule has 1 atom stereocenters. The number of aromatic amines is 1. The van der Waals surface area contributed by atoms with Gasteiger partial charge < -0.3 is 9.88 Å². The van der Waals surface area contributed by atoms with E-state index < -0.39 is 0 Å². The van der Waals surface area contributed by atoms with Crippen LogP contribution >= 0.6 is 11.8 Å². The van der Waals surface area contributed by atoms with Crippen LogP contribution in [0, 0.1) is 0 Å². The van der Waals surface area contributed by atoms with Gasteiger partial charge in [-0.1, -0.05) is 18.2 Å². The molecule has 1 aliphatic rings. The topological polar surface area (TPSA) is 37.3 Å². The molecule has 1 saturated heterocycles. The number of para-hydroxylation sites is 1. The molecule has 0 aliphatic carbocycles. The van der Waals surface area contributed by atoms with Gasteiger partial charge in [0.25, 0.3) is 0 Å². The largest absolute Gasteiger partial charge is 0.360 e. The second-order valence-corrected chi connectivity index (χ2v) is 6.33. The lowest BCUT2D eigenvalue weighted by molar-refractivity contribution is -0.909. The number of ketones is 1. The zero-order valence-electron chi connectivity index (χ0n) is 11.1. The van der Waals surface area contributed by atoms with Crippen molar-refractivity contribution in [3.63, 3.8) is 0 Å². The highest BCUT2D eigenvalue weighted by molar-refractivity contribution is 7.99. The third kappa shape index (κ3) is 2.42. The number of carbonyl (C=O) groups is 1. The van der Waals surface area contributed by atoms with Crippen molar-refractivity contribution in [1.29, 1.82) is 0 Å². The monoisotopic (exact) mass is 275 g/mol. The first kappa shape index (κ1) is 12.8. The molecule has 0 bridgehead atoms. The van der Waals surface area contributed by atoms with Gasteiger partial charge in [-0.15, -0.1) is 0 Å². The second-order valence-electron chi connectivity index (χ2n) is 5.10. The van der Waals surface area contributed by atoms with Gasteiger partial charge in [0.15, 0.2) is 0 Å². The van der Waals surface area contributed by atoms with Crippen LogP contribution in [0.4, 0.5) is 0 Å². The Labute approximate surface area is 117 Å². The number of aromatic nitrogens is 1. The standard InChI is InChI=1S/C15H18N2OS/c1-11(17-6-8-19-9-7-17)15(18)13-10-16-14-5-3-2-4-12(13)14/h2-5,10-11,16H,6-9H2,1H3/p+1/t11-/m0/s1. The van der Waals surface area contributed by atoms with Gasteiger partial charge in [0.2, 0.25) is 5.78 Å². The second kappa shape index (κ2) is 5.39. The Morgan fingerprint density at radius 1 is 1.32 bits per heavy atom. The van der Waals surface area contributed by atoms with Gasteiger partial charge in [0.05, 0.1) is 13.1 Å². The zero-order valence-corrected chi connectivity index (χ0v) is 11.9. The molecule has 0 unspecified atom stereocenters. The minimum atomic E-state index is 0.0557. The van der Waals surface area contributed by atoms with E-state index in [1.165, 1.54) is 16.4 Å². The highest BCUT2D eigenvalue weighted by Crippen LogP contribution is 2.18. The number of H-pyrrole nitrogens is 1. The number of hydrogen-bond donors (Lipinski definition) is 2. The molecule has 0 spiro atoms. The van der Waals surface area contributed by atoms with E-state index in [1.807, 2.05) is 42.2 Å². The number of quaternary nitrogens is 1. The summed E-state index contributed by atoms with van der Waals surface area (Å²) in [7, 11) is 0. The van der Waals surface area contributed by atoms with Crippen molar-refractivity contribution in [1.82, 2.24) is 4.98 Å². The summed E-state index contributed by atoms with van der Waals surface area (Å²) in [6, 6.07) is 8.07. The number of hydrogen-bond acceptors (Lipinski definition) is 2. The van der Waals surface area contributed by atoms with E-state index >= 15 is 0 Å². The highest BCUT2D eigenvalue weighted by atomic mass is 32.2. The van der Waals surface area contributed by atoms with Gasteiger partial charge in [0.1, 0.15) is 6.04 Å². The first-order chi connectivity index (χ1) is 9.27. The summed E-state index contributed by atoms with van der Waals surface area (Å²) < 4.78 is 0. The molecule has 1 aromatic carbocycles. The van der Waals surface area contributed by atoms with Gasteiger partial charge in [-0.05, 0) is 13.0 Å². The van der Waals surface area contributed by atoms with Crippen LogP contribution in [0.15, 0.2) is 30.5 Å². The molecule has 2 aromatic rings. The van der Waals surface area contributed by atoms with Crippen LogP contribution in [-0.4, -0.2) is 41.4 Å². The summed E-state index contributed by atoms with van der Waals surface area (Å²) in [6.45, 7) is 4.26. The van der Waals surface area contributed by atoms with Crippen molar-refractivity contribution in [3.8, 4) is 0 Å². The van der Waals surface area contributed by atoms with Gasteiger partial charge in [-0.25, -0.2) is 0 Å². The predicted molar refractivity (Wildman–Crippen MR) is 80.1 cm³/mol.